The van der Waals surface area contributed by atoms with Gasteiger partial charge in [0.2, 0.25) is 6.43 Å². The Morgan fingerprint density at radius 2 is 2.12 bits per heavy atom. The maximum absolute atomic E-state index is 12.3. The van der Waals surface area contributed by atoms with Crippen molar-refractivity contribution in [3.63, 3.8) is 0 Å². The van der Waals surface area contributed by atoms with E-state index >= 15 is 0 Å². The molecule has 1 fully saturated rings. The Kier molecular flexibility index (Phi) is 3.21. The van der Waals surface area contributed by atoms with E-state index in [4.69, 9.17) is 4.74 Å². The van der Waals surface area contributed by atoms with Crippen LogP contribution in [0.15, 0.2) is 0 Å². The fourth-order valence-corrected chi connectivity index (χ4v) is 1.42. The van der Waals surface area contributed by atoms with Crippen LogP contribution in [0.1, 0.15) is 27.2 Å². The van der Waals surface area contributed by atoms with E-state index in [9.17, 15) is 18.4 Å². The minimum atomic E-state index is -2.61. The minimum Gasteiger partial charge on any atom is -0.444 e. The molecule has 1 N–H and O–H groups in total. The van der Waals surface area contributed by atoms with Crippen LogP contribution in [-0.2, 0) is 9.53 Å². The average Bonchev–Trinajstić information content (AvgIpc) is 2.76. The van der Waals surface area contributed by atoms with Gasteiger partial charge in [0.25, 0.3) is 0 Å². The molecule has 6 heteroatoms. The van der Waals surface area contributed by atoms with Crippen LogP contribution in [-0.4, -0.2) is 29.9 Å². The molecule has 0 aromatic heterocycles. The van der Waals surface area contributed by atoms with Gasteiger partial charge in [0.1, 0.15) is 17.4 Å². The fraction of sp³-hybridized carbons (Fsp3) is 0.800. The number of aldehydes is 1. The summed E-state index contributed by atoms with van der Waals surface area (Å²) in [7, 11) is 0. The number of carbonyl (C=O) groups is 2. The summed E-state index contributed by atoms with van der Waals surface area (Å²) in [6, 6.07) is 0. The summed E-state index contributed by atoms with van der Waals surface area (Å²) in [6.07, 6.45) is -3.14. The van der Waals surface area contributed by atoms with Crippen molar-refractivity contribution in [1.29, 1.82) is 0 Å². The van der Waals surface area contributed by atoms with Gasteiger partial charge in [0.05, 0.1) is 5.92 Å². The molecular weight excluding hydrogens is 220 g/mol. The quantitative estimate of drug-likeness (QED) is 0.758. The van der Waals surface area contributed by atoms with Gasteiger partial charge in [0.15, 0.2) is 0 Å². The number of alkyl halides is 2. The molecule has 1 amide bonds. The number of ether oxygens (including phenoxy) is 1. The van der Waals surface area contributed by atoms with E-state index in [1.54, 1.807) is 20.8 Å². The molecule has 0 radical (unpaired) electrons. The minimum absolute atomic E-state index is 0.0343. The number of rotatable bonds is 3. The Bertz CT molecular complexity index is 301. The molecule has 1 rings (SSSR count). The first kappa shape index (κ1) is 12.9. The largest absolute Gasteiger partial charge is 0.444 e. The third-order valence-electron chi connectivity index (χ3n) is 2.31. The molecule has 0 aliphatic heterocycles. The van der Waals surface area contributed by atoms with Gasteiger partial charge in [-0.05, 0) is 27.2 Å². The van der Waals surface area contributed by atoms with Crippen molar-refractivity contribution in [2.75, 3.05) is 0 Å². The molecule has 4 nitrogen and oxygen atoms in total. The number of nitrogens with one attached hydrogen (secondary N) is 1. The van der Waals surface area contributed by atoms with E-state index in [0.717, 1.165) is 0 Å². The van der Waals surface area contributed by atoms with Crippen LogP contribution in [0.4, 0.5) is 13.6 Å². The summed E-state index contributed by atoms with van der Waals surface area (Å²) in [4.78, 5) is 22.0. The normalized spacial score (nSPS) is 28.8. The van der Waals surface area contributed by atoms with E-state index < -0.39 is 29.6 Å². The molecule has 1 aliphatic carbocycles. The van der Waals surface area contributed by atoms with Crippen LogP contribution in [0.2, 0.25) is 0 Å². The van der Waals surface area contributed by atoms with E-state index in [1.807, 2.05) is 0 Å². The summed E-state index contributed by atoms with van der Waals surface area (Å²) >= 11 is 0. The lowest BCUT2D eigenvalue weighted by Crippen LogP contribution is -2.43. The lowest BCUT2D eigenvalue weighted by Gasteiger charge is -2.21. The second kappa shape index (κ2) is 3.99. The number of amides is 1. The summed E-state index contributed by atoms with van der Waals surface area (Å²) < 4.78 is 29.6. The molecule has 16 heavy (non-hydrogen) atoms. The molecule has 0 saturated heterocycles. The van der Waals surface area contributed by atoms with Crippen molar-refractivity contribution in [2.45, 2.75) is 44.8 Å². The Hall–Kier alpha value is -1.20. The number of halogens is 2. The zero-order chi connectivity index (χ0) is 12.6. The third kappa shape index (κ3) is 2.90. The molecule has 0 heterocycles. The summed E-state index contributed by atoms with van der Waals surface area (Å²) in [5, 5.41) is 2.20. The molecule has 2 atom stereocenters. The highest BCUT2D eigenvalue weighted by atomic mass is 19.3. The molecule has 0 spiro atoms. The zero-order valence-electron chi connectivity index (χ0n) is 9.42. The summed E-state index contributed by atoms with van der Waals surface area (Å²) in [5.74, 6) is -1.10. The van der Waals surface area contributed by atoms with Crippen LogP contribution in [0.3, 0.4) is 0 Å². The standard InChI is InChI=1S/C10H15F2NO3/c1-9(2,3)16-8(15)13-10(5-14)4-6(10)7(11)12/h5-7H,4H2,1-3H3,(H,13,15). The average molecular weight is 235 g/mol. The lowest BCUT2D eigenvalue weighted by atomic mass is 10.2. The van der Waals surface area contributed by atoms with Gasteiger partial charge in [-0.1, -0.05) is 0 Å². The predicted octanol–water partition coefficient (Wildman–Crippen LogP) is 1.73. The summed E-state index contributed by atoms with van der Waals surface area (Å²) in [5.41, 5.74) is -2.15. The van der Waals surface area contributed by atoms with Gasteiger partial charge in [-0.3, -0.25) is 0 Å². The first-order valence-corrected chi connectivity index (χ1v) is 4.96. The zero-order valence-corrected chi connectivity index (χ0v) is 9.42. The van der Waals surface area contributed by atoms with Crippen molar-refractivity contribution in [2.24, 2.45) is 5.92 Å². The fourth-order valence-electron chi connectivity index (χ4n) is 1.42. The Morgan fingerprint density at radius 3 is 2.44 bits per heavy atom. The smallest absolute Gasteiger partial charge is 0.408 e. The monoisotopic (exact) mass is 235 g/mol. The molecular formula is C10H15F2NO3. The van der Waals surface area contributed by atoms with Crippen molar-refractivity contribution in [3.05, 3.63) is 0 Å². The number of carbonyl (C=O) groups excluding carboxylic acids is 2. The summed E-state index contributed by atoms with van der Waals surface area (Å²) in [6.45, 7) is 4.95. The molecule has 0 bridgehead atoms. The Balaban J connectivity index is 2.54. The maximum Gasteiger partial charge on any atom is 0.408 e. The lowest BCUT2D eigenvalue weighted by molar-refractivity contribution is -0.111. The van der Waals surface area contributed by atoms with E-state index in [2.05, 4.69) is 5.32 Å². The topological polar surface area (TPSA) is 55.4 Å². The molecule has 1 saturated carbocycles. The van der Waals surface area contributed by atoms with Crippen LogP contribution < -0.4 is 5.32 Å². The van der Waals surface area contributed by atoms with Gasteiger partial charge >= 0.3 is 6.09 Å². The molecule has 0 aromatic carbocycles. The van der Waals surface area contributed by atoms with Crippen molar-refractivity contribution >= 4 is 12.4 Å². The van der Waals surface area contributed by atoms with Gasteiger partial charge in [-0.15, -0.1) is 0 Å². The van der Waals surface area contributed by atoms with E-state index in [0.29, 0.717) is 6.29 Å². The maximum atomic E-state index is 12.3. The van der Waals surface area contributed by atoms with Crippen molar-refractivity contribution in [1.82, 2.24) is 5.32 Å². The third-order valence-corrected chi connectivity index (χ3v) is 2.31. The number of hydrogen-bond acceptors (Lipinski definition) is 3. The number of alkyl carbamates (subject to hydrolysis) is 1. The second-order valence-electron chi connectivity index (χ2n) is 4.93. The Labute approximate surface area is 92.3 Å². The first-order valence-electron chi connectivity index (χ1n) is 4.96. The van der Waals surface area contributed by atoms with E-state index in [-0.39, 0.29) is 6.42 Å². The van der Waals surface area contributed by atoms with Crippen LogP contribution in [0, 0.1) is 5.92 Å². The van der Waals surface area contributed by atoms with Crippen LogP contribution in [0.25, 0.3) is 0 Å². The van der Waals surface area contributed by atoms with Gasteiger partial charge in [0, 0.05) is 0 Å². The predicted molar refractivity (Wildman–Crippen MR) is 52.3 cm³/mol. The molecule has 0 aromatic rings. The SMILES string of the molecule is CC(C)(C)OC(=O)NC1(C=O)CC1C(F)F. The highest BCUT2D eigenvalue weighted by Gasteiger charge is 2.60. The highest BCUT2D eigenvalue weighted by Crippen LogP contribution is 2.46. The van der Waals surface area contributed by atoms with Crippen LogP contribution >= 0.6 is 0 Å². The Morgan fingerprint density at radius 1 is 1.56 bits per heavy atom. The first-order chi connectivity index (χ1) is 7.20. The van der Waals surface area contributed by atoms with Crippen molar-refractivity contribution in [3.8, 4) is 0 Å². The van der Waals surface area contributed by atoms with E-state index in [1.165, 1.54) is 0 Å². The van der Waals surface area contributed by atoms with Gasteiger partial charge in [-0.2, -0.15) is 0 Å². The second-order valence-corrected chi connectivity index (χ2v) is 4.93. The highest BCUT2D eigenvalue weighted by molar-refractivity contribution is 5.80. The van der Waals surface area contributed by atoms with Gasteiger partial charge < -0.3 is 14.8 Å². The van der Waals surface area contributed by atoms with Gasteiger partial charge in [-0.25, -0.2) is 13.6 Å². The van der Waals surface area contributed by atoms with Crippen LogP contribution in [0.5, 0.6) is 0 Å². The molecule has 2 unspecified atom stereocenters. The molecule has 1 aliphatic rings. The van der Waals surface area contributed by atoms with Crippen molar-refractivity contribution < 1.29 is 23.1 Å². The number of hydrogen-bond donors (Lipinski definition) is 1. The molecule has 92 valence electrons.